The summed E-state index contributed by atoms with van der Waals surface area (Å²) < 4.78 is 2.27. The molecule has 1 saturated carbocycles. The van der Waals surface area contributed by atoms with Gasteiger partial charge in [-0.3, -0.25) is 9.36 Å². The van der Waals surface area contributed by atoms with Crippen LogP contribution in [0, 0.1) is 0 Å². The van der Waals surface area contributed by atoms with Crippen molar-refractivity contribution in [1.29, 1.82) is 0 Å². The Morgan fingerprint density at radius 2 is 1.84 bits per heavy atom. The number of rotatable bonds is 1. The monoisotopic (exact) mass is 433 g/mol. The van der Waals surface area contributed by atoms with Crippen molar-refractivity contribution in [2.24, 2.45) is 0 Å². The first kappa shape index (κ1) is 19.5. The van der Waals surface area contributed by atoms with Gasteiger partial charge in [0.1, 0.15) is 5.82 Å². The number of aromatic nitrogens is 2. The second-order valence-corrected chi connectivity index (χ2v) is 10.1. The van der Waals surface area contributed by atoms with E-state index in [1.165, 1.54) is 48.9 Å². The number of nitrogens with zero attached hydrogens (tertiary/aromatic N) is 3. The van der Waals surface area contributed by atoms with E-state index in [1.807, 2.05) is 12.1 Å². The summed E-state index contributed by atoms with van der Waals surface area (Å²) >= 11 is 6.48. The standard InChI is InChI=1S/C26H28ClN3O/c1-29-14-10-17(11-15-29)18-8-9-19-22(16-18)30-21-7-5-6-20(27)23(21)24(31)28-25(30)26(19)12-3-2-4-13-26/h5-9,16-17H,2-4,10-15H2,1H3. The molecule has 0 bridgehead atoms. The smallest absolute Gasteiger partial charge is 0.282 e. The van der Waals surface area contributed by atoms with Gasteiger partial charge in [-0.1, -0.05) is 49.1 Å². The largest absolute Gasteiger partial charge is 0.306 e. The van der Waals surface area contributed by atoms with Crippen LogP contribution in [0.15, 0.2) is 41.2 Å². The number of likely N-dealkylation sites (tertiary alicyclic amines) is 1. The fourth-order valence-electron chi connectivity index (χ4n) is 6.29. The number of halogens is 1. The topological polar surface area (TPSA) is 38.1 Å². The zero-order valence-corrected chi connectivity index (χ0v) is 18.8. The van der Waals surface area contributed by atoms with Crippen LogP contribution >= 0.6 is 11.6 Å². The van der Waals surface area contributed by atoms with E-state index in [0.717, 1.165) is 37.3 Å². The second-order valence-electron chi connectivity index (χ2n) is 9.71. The fraction of sp³-hybridized carbons (Fsp3) is 0.462. The minimum Gasteiger partial charge on any atom is -0.306 e. The predicted octanol–water partition coefficient (Wildman–Crippen LogP) is 5.41. The lowest BCUT2D eigenvalue weighted by Gasteiger charge is -2.34. The highest BCUT2D eigenvalue weighted by Gasteiger charge is 2.46. The molecule has 0 atom stereocenters. The molecule has 1 aliphatic carbocycles. The van der Waals surface area contributed by atoms with Gasteiger partial charge in [-0.25, -0.2) is 0 Å². The van der Waals surface area contributed by atoms with Crippen molar-refractivity contribution in [2.75, 3.05) is 20.1 Å². The van der Waals surface area contributed by atoms with Gasteiger partial charge < -0.3 is 4.90 Å². The van der Waals surface area contributed by atoms with Gasteiger partial charge in [0, 0.05) is 0 Å². The van der Waals surface area contributed by atoms with E-state index in [1.54, 1.807) is 6.07 Å². The van der Waals surface area contributed by atoms with Crippen molar-refractivity contribution >= 4 is 22.5 Å². The third kappa shape index (κ3) is 2.84. The maximum absolute atomic E-state index is 13.1. The minimum absolute atomic E-state index is 0.144. The molecule has 2 fully saturated rings. The predicted molar refractivity (Wildman–Crippen MR) is 126 cm³/mol. The third-order valence-electron chi connectivity index (χ3n) is 7.97. The first-order valence-electron chi connectivity index (χ1n) is 11.6. The molecule has 160 valence electrons. The van der Waals surface area contributed by atoms with E-state index in [2.05, 4.69) is 34.7 Å². The SMILES string of the molecule is CN1CCC(c2ccc3c(c2)-n2c(nc(=O)c4c(Cl)cccc42)C32CCCCC2)CC1. The quantitative estimate of drug-likeness (QED) is 0.514. The summed E-state index contributed by atoms with van der Waals surface area (Å²) in [6, 6.07) is 12.9. The van der Waals surface area contributed by atoms with Crippen LogP contribution in [0.2, 0.25) is 5.02 Å². The van der Waals surface area contributed by atoms with Crippen molar-refractivity contribution in [2.45, 2.75) is 56.3 Å². The number of hydrogen-bond acceptors (Lipinski definition) is 3. The Bertz CT molecular complexity index is 1230. The minimum atomic E-state index is -0.194. The molecule has 0 amide bonds. The van der Waals surface area contributed by atoms with Crippen LogP contribution < -0.4 is 5.56 Å². The van der Waals surface area contributed by atoms with Crippen molar-refractivity contribution in [3.63, 3.8) is 0 Å². The zero-order chi connectivity index (χ0) is 21.2. The molecule has 3 aromatic rings. The van der Waals surface area contributed by atoms with E-state index in [-0.39, 0.29) is 11.0 Å². The number of fused-ring (bicyclic) bond motifs is 7. The summed E-state index contributed by atoms with van der Waals surface area (Å²) in [4.78, 5) is 20.2. The lowest BCUT2D eigenvalue weighted by Crippen LogP contribution is -2.32. The molecule has 5 heteroatoms. The van der Waals surface area contributed by atoms with Crippen LogP contribution in [-0.4, -0.2) is 34.6 Å². The first-order chi connectivity index (χ1) is 15.1. The van der Waals surface area contributed by atoms with Gasteiger partial charge in [0.15, 0.2) is 0 Å². The summed E-state index contributed by atoms with van der Waals surface area (Å²) in [5.41, 5.74) is 4.54. The molecule has 0 radical (unpaired) electrons. The lowest BCUT2D eigenvalue weighted by molar-refractivity contribution is 0.255. The molecule has 1 aromatic heterocycles. The van der Waals surface area contributed by atoms with Crippen LogP contribution in [0.4, 0.5) is 0 Å². The molecule has 31 heavy (non-hydrogen) atoms. The molecule has 0 unspecified atom stereocenters. The zero-order valence-electron chi connectivity index (χ0n) is 18.0. The number of hydrogen-bond donors (Lipinski definition) is 0. The normalized spacial score (nSPS) is 20.8. The molecule has 3 aliphatic rings. The summed E-state index contributed by atoms with van der Waals surface area (Å²) in [6.45, 7) is 2.30. The molecule has 3 heterocycles. The average Bonchev–Trinajstić information content (AvgIpc) is 3.04. The molecule has 0 N–H and O–H groups in total. The Kier molecular flexibility index (Phi) is 4.52. The fourth-order valence-corrected chi connectivity index (χ4v) is 6.55. The van der Waals surface area contributed by atoms with Gasteiger partial charge in [-0.15, -0.1) is 0 Å². The van der Waals surface area contributed by atoms with E-state index in [0.29, 0.717) is 16.3 Å². The van der Waals surface area contributed by atoms with Crippen LogP contribution in [0.25, 0.3) is 16.6 Å². The Balaban J connectivity index is 1.61. The van der Waals surface area contributed by atoms with Crippen LogP contribution in [-0.2, 0) is 5.41 Å². The molecule has 2 aromatic carbocycles. The summed E-state index contributed by atoms with van der Waals surface area (Å²) in [5.74, 6) is 1.53. The Morgan fingerprint density at radius 1 is 1.06 bits per heavy atom. The van der Waals surface area contributed by atoms with Crippen LogP contribution in [0.1, 0.15) is 67.8 Å². The van der Waals surface area contributed by atoms with E-state index in [4.69, 9.17) is 16.6 Å². The van der Waals surface area contributed by atoms with Crippen molar-refractivity contribution < 1.29 is 0 Å². The van der Waals surface area contributed by atoms with E-state index in [9.17, 15) is 4.79 Å². The molecular formula is C26H28ClN3O. The van der Waals surface area contributed by atoms with Gasteiger partial charge in [-0.05, 0) is 81.1 Å². The van der Waals surface area contributed by atoms with Crippen molar-refractivity contribution in [1.82, 2.24) is 14.5 Å². The Hall–Kier alpha value is -2.17. The van der Waals surface area contributed by atoms with Crippen molar-refractivity contribution in [3.05, 3.63) is 68.7 Å². The van der Waals surface area contributed by atoms with Crippen LogP contribution in [0.5, 0.6) is 0 Å². The molecular weight excluding hydrogens is 406 g/mol. The lowest BCUT2D eigenvalue weighted by atomic mass is 9.69. The maximum Gasteiger partial charge on any atom is 0.282 e. The average molecular weight is 434 g/mol. The van der Waals surface area contributed by atoms with Gasteiger partial charge in [0.05, 0.1) is 27.0 Å². The van der Waals surface area contributed by atoms with Crippen molar-refractivity contribution in [3.8, 4) is 5.69 Å². The van der Waals surface area contributed by atoms with E-state index >= 15 is 0 Å². The molecule has 4 nitrogen and oxygen atoms in total. The van der Waals surface area contributed by atoms with Gasteiger partial charge in [0.25, 0.3) is 5.56 Å². The highest BCUT2D eigenvalue weighted by molar-refractivity contribution is 6.35. The Labute approximate surface area is 187 Å². The molecule has 1 saturated heterocycles. The maximum atomic E-state index is 13.1. The van der Waals surface area contributed by atoms with E-state index < -0.39 is 0 Å². The highest BCUT2D eigenvalue weighted by atomic mass is 35.5. The van der Waals surface area contributed by atoms with Gasteiger partial charge in [0.2, 0.25) is 0 Å². The van der Waals surface area contributed by atoms with Gasteiger partial charge >= 0.3 is 0 Å². The van der Waals surface area contributed by atoms with Crippen LogP contribution in [0.3, 0.4) is 0 Å². The van der Waals surface area contributed by atoms with Gasteiger partial charge in [-0.2, -0.15) is 4.98 Å². The molecule has 6 rings (SSSR count). The molecule has 2 aliphatic heterocycles. The summed E-state index contributed by atoms with van der Waals surface area (Å²) in [6.07, 6.45) is 8.14. The molecule has 1 spiro atoms. The first-order valence-corrected chi connectivity index (χ1v) is 12.0. The number of benzene rings is 2. The third-order valence-corrected chi connectivity index (χ3v) is 8.28. The highest BCUT2D eigenvalue weighted by Crippen LogP contribution is 2.52. The summed E-state index contributed by atoms with van der Waals surface area (Å²) in [7, 11) is 2.21. The summed E-state index contributed by atoms with van der Waals surface area (Å²) in [5, 5.41) is 1.03. The second kappa shape index (κ2) is 7.18. The number of piperidine rings is 1. The Morgan fingerprint density at radius 3 is 2.61 bits per heavy atom.